The second-order valence-electron chi connectivity index (χ2n) is 4.57. The molecule has 0 unspecified atom stereocenters. The summed E-state index contributed by atoms with van der Waals surface area (Å²) < 4.78 is 0. The number of nitrogens with zero attached hydrogens (tertiary/aromatic N) is 2. The number of hydrogen-bond donors (Lipinski definition) is 0. The first-order valence-electron chi connectivity index (χ1n) is 5.86. The molecule has 2 nitrogen and oxygen atoms in total. The molecule has 18 heavy (non-hydrogen) atoms. The molecule has 1 aromatic heterocycles. The molecule has 4 heteroatoms. The van der Waals surface area contributed by atoms with Crippen molar-refractivity contribution in [3.05, 3.63) is 45.7 Å². The van der Waals surface area contributed by atoms with Gasteiger partial charge in [0.2, 0.25) is 0 Å². The van der Waals surface area contributed by atoms with Crippen molar-refractivity contribution in [1.29, 1.82) is 0 Å². The Morgan fingerprint density at radius 1 is 1.17 bits per heavy atom. The van der Waals surface area contributed by atoms with Crippen molar-refractivity contribution in [1.82, 2.24) is 9.97 Å². The maximum absolute atomic E-state index is 6.25. The van der Waals surface area contributed by atoms with Gasteiger partial charge >= 0.3 is 0 Å². The summed E-state index contributed by atoms with van der Waals surface area (Å²) in [7, 11) is 0. The Morgan fingerprint density at radius 2 is 2.00 bits per heavy atom. The lowest BCUT2D eigenvalue weighted by atomic mass is 10.0. The number of fused-ring (bicyclic) bond motifs is 1. The van der Waals surface area contributed by atoms with E-state index in [9.17, 15) is 0 Å². The largest absolute Gasteiger partial charge is 0.232 e. The lowest BCUT2D eigenvalue weighted by Gasteiger charge is -2.08. The fourth-order valence-corrected chi connectivity index (χ4v) is 3.49. The quantitative estimate of drug-likeness (QED) is 0.732. The third-order valence-electron chi connectivity index (χ3n) is 3.16. The van der Waals surface area contributed by atoms with Crippen LogP contribution in [-0.2, 0) is 11.5 Å². The lowest BCUT2D eigenvalue weighted by molar-refractivity contribution is 1.07. The van der Waals surface area contributed by atoms with Gasteiger partial charge in [-0.3, -0.25) is 0 Å². The van der Waals surface area contributed by atoms with Gasteiger partial charge in [0.1, 0.15) is 5.15 Å². The third kappa shape index (κ3) is 2.02. The maximum atomic E-state index is 6.25. The first-order chi connectivity index (χ1) is 8.65. The van der Waals surface area contributed by atoms with Crippen LogP contribution in [0, 0.1) is 13.8 Å². The molecule has 0 bridgehead atoms. The van der Waals surface area contributed by atoms with Gasteiger partial charge in [-0.1, -0.05) is 29.3 Å². The summed E-state index contributed by atoms with van der Waals surface area (Å²) in [5.41, 5.74) is 5.68. The van der Waals surface area contributed by atoms with E-state index in [2.05, 4.69) is 42.0 Å². The molecule has 2 heterocycles. The highest BCUT2D eigenvalue weighted by Gasteiger charge is 2.19. The van der Waals surface area contributed by atoms with Gasteiger partial charge in [0, 0.05) is 22.6 Å². The van der Waals surface area contributed by atoms with Crippen LogP contribution >= 0.6 is 23.4 Å². The smallest absolute Gasteiger partial charge is 0.161 e. The van der Waals surface area contributed by atoms with E-state index in [-0.39, 0.29) is 0 Å². The molecule has 1 aliphatic heterocycles. The van der Waals surface area contributed by atoms with E-state index in [1.165, 1.54) is 11.1 Å². The van der Waals surface area contributed by atoms with Crippen LogP contribution in [-0.4, -0.2) is 9.97 Å². The summed E-state index contributed by atoms with van der Waals surface area (Å²) in [6, 6.07) is 6.32. The molecule has 0 amide bonds. The second kappa shape index (κ2) is 4.56. The minimum absolute atomic E-state index is 0.612. The molecule has 0 saturated carbocycles. The number of thioether (sulfide) groups is 1. The Hall–Kier alpha value is -1.06. The summed E-state index contributed by atoms with van der Waals surface area (Å²) in [5, 5.41) is 0.612. The fraction of sp³-hybridized carbons (Fsp3) is 0.286. The number of hydrogen-bond acceptors (Lipinski definition) is 3. The van der Waals surface area contributed by atoms with Crippen molar-refractivity contribution < 1.29 is 0 Å². The van der Waals surface area contributed by atoms with Gasteiger partial charge in [0.25, 0.3) is 0 Å². The first kappa shape index (κ1) is 12.0. The zero-order chi connectivity index (χ0) is 12.7. The van der Waals surface area contributed by atoms with E-state index < -0.39 is 0 Å². The Morgan fingerprint density at radius 3 is 2.83 bits per heavy atom. The zero-order valence-corrected chi connectivity index (χ0v) is 11.9. The average Bonchev–Trinajstić information content (AvgIpc) is 2.81. The number of aromatic nitrogens is 2. The minimum Gasteiger partial charge on any atom is -0.232 e. The number of benzene rings is 1. The predicted molar refractivity (Wildman–Crippen MR) is 77.0 cm³/mol. The molecule has 2 aromatic rings. The van der Waals surface area contributed by atoms with Crippen molar-refractivity contribution in [2.75, 3.05) is 0 Å². The Bertz CT molecular complexity index is 625. The number of halogens is 1. The molecule has 0 fully saturated rings. The summed E-state index contributed by atoms with van der Waals surface area (Å²) in [5.74, 6) is 2.62. The van der Waals surface area contributed by atoms with Crippen LogP contribution in [0.3, 0.4) is 0 Å². The Kier molecular flexibility index (Phi) is 3.04. The molecule has 3 rings (SSSR count). The molecule has 0 N–H and O–H groups in total. The highest BCUT2D eigenvalue weighted by molar-refractivity contribution is 7.98. The first-order valence-corrected chi connectivity index (χ1v) is 7.39. The predicted octanol–water partition coefficient (Wildman–Crippen LogP) is 4.16. The summed E-state index contributed by atoms with van der Waals surface area (Å²) in [6.45, 7) is 4.15. The van der Waals surface area contributed by atoms with Gasteiger partial charge in [-0.2, -0.15) is 11.8 Å². The van der Waals surface area contributed by atoms with Gasteiger partial charge in [0.05, 0.1) is 5.69 Å². The van der Waals surface area contributed by atoms with Gasteiger partial charge in [-0.05, 0) is 25.5 Å². The molecular weight excluding hydrogens is 264 g/mol. The van der Waals surface area contributed by atoms with E-state index in [4.69, 9.17) is 11.6 Å². The van der Waals surface area contributed by atoms with E-state index in [0.717, 1.165) is 34.2 Å². The van der Waals surface area contributed by atoms with E-state index in [0.29, 0.717) is 5.15 Å². The number of rotatable bonds is 1. The van der Waals surface area contributed by atoms with Gasteiger partial charge in [-0.15, -0.1) is 0 Å². The van der Waals surface area contributed by atoms with E-state index in [1.54, 1.807) is 0 Å². The van der Waals surface area contributed by atoms with Crippen molar-refractivity contribution in [2.24, 2.45) is 0 Å². The van der Waals surface area contributed by atoms with Gasteiger partial charge in [0.15, 0.2) is 5.82 Å². The second-order valence-corrected chi connectivity index (χ2v) is 5.92. The molecule has 0 aliphatic carbocycles. The van der Waals surface area contributed by atoms with Gasteiger partial charge < -0.3 is 0 Å². The molecule has 1 aliphatic rings. The van der Waals surface area contributed by atoms with Gasteiger partial charge in [-0.25, -0.2) is 9.97 Å². The average molecular weight is 277 g/mol. The maximum Gasteiger partial charge on any atom is 0.161 e. The normalized spacial score (nSPS) is 13.7. The third-order valence-corrected chi connectivity index (χ3v) is 4.44. The van der Waals surface area contributed by atoms with Crippen LogP contribution in [0.1, 0.15) is 22.4 Å². The zero-order valence-electron chi connectivity index (χ0n) is 10.3. The van der Waals surface area contributed by atoms with Crippen LogP contribution < -0.4 is 0 Å². The van der Waals surface area contributed by atoms with E-state index >= 15 is 0 Å². The van der Waals surface area contributed by atoms with Crippen molar-refractivity contribution in [3.8, 4) is 11.4 Å². The summed E-state index contributed by atoms with van der Waals surface area (Å²) in [6.07, 6.45) is 0. The van der Waals surface area contributed by atoms with Crippen LogP contribution in [0.4, 0.5) is 0 Å². The van der Waals surface area contributed by atoms with E-state index in [1.807, 2.05) is 11.8 Å². The van der Waals surface area contributed by atoms with Crippen LogP contribution in [0.15, 0.2) is 18.2 Å². The van der Waals surface area contributed by atoms with Crippen molar-refractivity contribution >= 4 is 23.4 Å². The standard InChI is InChI=1S/C14H13ClN2S/c1-8-3-4-9(2)10(5-8)14-16-12-7-18-6-11(12)13(15)17-14/h3-5H,6-7H2,1-2H3. The van der Waals surface area contributed by atoms with Crippen molar-refractivity contribution in [3.63, 3.8) is 0 Å². The molecule has 0 saturated heterocycles. The highest BCUT2D eigenvalue weighted by atomic mass is 35.5. The number of aryl methyl sites for hydroxylation is 2. The van der Waals surface area contributed by atoms with Crippen LogP contribution in [0.2, 0.25) is 5.15 Å². The Labute approximate surface area is 116 Å². The SMILES string of the molecule is Cc1ccc(C)c(-c2nc(Cl)c3c(n2)CSC3)c1. The summed E-state index contributed by atoms with van der Waals surface area (Å²) >= 11 is 8.09. The molecule has 0 atom stereocenters. The molecule has 0 radical (unpaired) electrons. The monoisotopic (exact) mass is 276 g/mol. The summed E-state index contributed by atoms with van der Waals surface area (Å²) in [4.78, 5) is 9.13. The Balaban J connectivity index is 2.18. The van der Waals surface area contributed by atoms with Crippen molar-refractivity contribution in [2.45, 2.75) is 25.4 Å². The molecular formula is C14H13ClN2S. The molecule has 1 aromatic carbocycles. The lowest BCUT2D eigenvalue weighted by Crippen LogP contribution is -1.98. The molecule has 92 valence electrons. The highest BCUT2D eigenvalue weighted by Crippen LogP contribution is 2.34. The topological polar surface area (TPSA) is 25.8 Å². The minimum atomic E-state index is 0.612. The van der Waals surface area contributed by atoms with Crippen LogP contribution in [0.25, 0.3) is 11.4 Å². The molecule has 0 spiro atoms. The fourth-order valence-electron chi connectivity index (χ4n) is 2.11. The van der Waals surface area contributed by atoms with Crippen LogP contribution in [0.5, 0.6) is 0 Å².